The topological polar surface area (TPSA) is 60.7 Å². The Hall–Kier alpha value is -2.16. The van der Waals surface area contributed by atoms with Gasteiger partial charge in [0.2, 0.25) is 0 Å². The van der Waals surface area contributed by atoms with E-state index < -0.39 is 95.2 Å². The Labute approximate surface area is 190 Å². The molecule has 0 unspecified atom stereocenters. The Kier molecular flexibility index (Phi) is 7.48. The molecule has 216 valence electrons. The van der Waals surface area contributed by atoms with E-state index in [0.29, 0.717) is 0 Å². The normalized spacial score (nSPS) is 15.8. The molecular weight excluding hydrogens is 582 g/mol. The lowest BCUT2D eigenvalue weighted by Gasteiger charge is -2.42. The summed E-state index contributed by atoms with van der Waals surface area (Å²) in [4.78, 5) is 0. The van der Waals surface area contributed by atoms with Crippen molar-refractivity contribution >= 4 is 0 Å². The summed E-state index contributed by atoms with van der Waals surface area (Å²) >= 11 is 0. The average molecular weight is 590 g/mol. The zero-order valence-electron chi connectivity index (χ0n) is 16.8. The Morgan fingerprint density at radius 1 is 0.405 bits per heavy atom. The van der Waals surface area contributed by atoms with Gasteiger partial charge in [-0.1, -0.05) is 12.1 Å². The van der Waals surface area contributed by atoms with Crippen molar-refractivity contribution in [3.8, 4) is 0 Å². The summed E-state index contributed by atoms with van der Waals surface area (Å²) < 4.78 is 239. The quantitative estimate of drug-likeness (QED) is 0.383. The van der Waals surface area contributed by atoms with Crippen LogP contribution >= 0.6 is 0 Å². The number of halogens is 18. The molecule has 0 aliphatic heterocycles. The van der Waals surface area contributed by atoms with Crippen LogP contribution in [0.2, 0.25) is 0 Å². The fraction of sp³-hybridized carbons (Fsp3) is 0.625. The van der Waals surface area contributed by atoms with Gasteiger partial charge in [0.1, 0.15) is 0 Å². The molecule has 0 aromatic heterocycles. The number of alkyl halides is 18. The van der Waals surface area contributed by atoms with Gasteiger partial charge in [-0.3, -0.25) is 0 Å². The van der Waals surface area contributed by atoms with E-state index in [0.717, 1.165) is 0 Å². The van der Waals surface area contributed by atoms with E-state index in [9.17, 15) is 94.3 Å². The van der Waals surface area contributed by atoms with Crippen molar-refractivity contribution in [2.24, 2.45) is 0 Å². The molecule has 0 fully saturated rings. The van der Waals surface area contributed by atoms with E-state index in [-0.39, 0.29) is 0 Å². The minimum absolute atomic E-state index is 0.702. The van der Waals surface area contributed by atoms with Gasteiger partial charge in [0.05, 0.1) is 0 Å². The minimum Gasteiger partial charge on any atom is -0.369 e. The van der Waals surface area contributed by atoms with Crippen LogP contribution in [0.5, 0.6) is 0 Å². The van der Waals surface area contributed by atoms with Crippen LogP contribution in [0.1, 0.15) is 22.3 Å². The van der Waals surface area contributed by atoms with Gasteiger partial charge >= 0.3 is 37.1 Å². The summed E-state index contributed by atoms with van der Waals surface area (Å²) in [6, 6.07) is -2.60. The highest BCUT2D eigenvalue weighted by molar-refractivity contribution is 5.52. The molecule has 0 aliphatic rings. The van der Waals surface area contributed by atoms with Crippen LogP contribution in [-0.4, -0.2) is 52.4 Å². The molecule has 0 bridgehead atoms. The van der Waals surface area contributed by atoms with Crippen LogP contribution in [0.4, 0.5) is 79.0 Å². The Morgan fingerprint density at radius 2 is 0.622 bits per heavy atom. The van der Waals surface area contributed by atoms with Crippen molar-refractivity contribution < 1.29 is 94.3 Å². The summed E-state index contributed by atoms with van der Waals surface area (Å²) in [7, 11) is 0. The van der Waals surface area contributed by atoms with Gasteiger partial charge in [0.25, 0.3) is 16.8 Å². The van der Waals surface area contributed by atoms with Crippen LogP contribution in [0.3, 0.4) is 0 Å². The zero-order valence-corrected chi connectivity index (χ0v) is 16.8. The van der Waals surface area contributed by atoms with Crippen molar-refractivity contribution in [2.75, 3.05) is 0 Å². The van der Waals surface area contributed by atoms with Gasteiger partial charge in [0, 0.05) is 16.7 Å². The number of hydrogen-bond acceptors (Lipinski definition) is 3. The summed E-state index contributed by atoms with van der Waals surface area (Å²) in [5.74, 6) is 0. The molecular formula is C16H8F18O3. The maximum absolute atomic E-state index is 13.4. The molecule has 0 heterocycles. The van der Waals surface area contributed by atoms with Crippen molar-refractivity contribution in [2.45, 2.75) is 60.8 Å². The smallest absolute Gasteiger partial charge is 0.369 e. The predicted molar refractivity (Wildman–Crippen MR) is 79.2 cm³/mol. The molecule has 0 atom stereocenters. The highest BCUT2D eigenvalue weighted by atomic mass is 19.4. The third kappa shape index (κ3) is 4.55. The lowest BCUT2D eigenvalue weighted by Crippen LogP contribution is -2.60. The second kappa shape index (κ2) is 8.42. The third-order valence-corrected chi connectivity index (χ3v) is 5.07. The standard InChI is InChI=1S/C16H8F18O3/c1-4-5(8(35,11(17,18)19)12(20,21)22)2-3-6(9(36,13(23,24)25)14(26,27)28)7(4)10(37,15(29,30)31)16(32,33)34/h2-3,35-37H,1H3. The fourth-order valence-electron chi connectivity index (χ4n) is 3.25. The molecule has 0 aliphatic carbocycles. The maximum Gasteiger partial charge on any atom is 0.430 e. The Bertz CT molecular complexity index is 963. The first-order chi connectivity index (χ1) is 15.8. The molecule has 1 aromatic rings. The van der Waals surface area contributed by atoms with Crippen LogP contribution in [0.15, 0.2) is 12.1 Å². The van der Waals surface area contributed by atoms with Crippen LogP contribution in [0.25, 0.3) is 0 Å². The molecule has 0 spiro atoms. The predicted octanol–water partition coefficient (Wildman–Crippen LogP) is 5.93. The summed E-state index contributed by atoms with van der Waals surface area (Å²) in [5, 5.41) is 28.2. The largest absolute Gasteiger partial charge is 0.430 e. The lowest BCUT2D eigenvalue weighted by atomic mass is 9.74. The highest BCUT2D eigenvalue weighted by Gasteiger charge is 2.79. The molecule has 0 amide bonds. The summed E-state index contributed by atoms with van der Waals surface area (Å²) in [6.45, 7) is -0.702. The van der Waals surface area contributed by atoms with E-state index in [4.69, 9.17) is 0 Å². The minimum atomic E-state index is -7.49. The molecule has 1 aromatic carbocycles. The molecule has 1 rings (SSSR count). The maximum atomic E-state index is 13.4. The molecule has 3 nitrogen and oxygen atoms in total. The van der Waals surface area contributed by atoms with Gasteiger partial charge in [-0.25, -0.2) is 0 Å². The molecule has 37 heavy (non-hydrogen) atoms. The molecule has 0 saturated heterocycles. The van der Waals surface area contributed by atoms with Gasteiger partial charge in [-0.2, -0.15) is 79.0 Å². The number of hydrogen-bond donors (Lipinski definition) is 3. The van der Waals surface area contributed by atoms with Crippen molar-refractivity contribution in [3.05, 3.63) is 34.4 Å². The molecule has 0 saturated carbocycles. The van der Waals surface area contributed by atoms with Gasteiger partial charge in [-0.15, -0.1) is 0 Å². The Balaban J connectivity index is 4.72. The summed E-state index contributed by atoms with van der Waals surface area (Å²) in [5.41, 5.74) is -34.2. The summed E-state index contributed by atoms with van der Waals surface area (Å²) in [6.07, 6.45) is -43.9. The number of benzene rings is 1. The van der Waals surface area contributed by atoms with Gasteiger partial charge < -0.3 is 15.3 Å². The first-order valence-corrected chi connectivity index (χ1v) is 8.48. The monoisotopic (exact) mass is 590 g/mol. The second-order valence-corrected chi connectivity index (χ2v) is 7.28. The second-order valence-electron chi connectivity index (χ2n) is 7.28. The number of rotatable bonds is 3. The van der Waals surface area contributed by atoms with E-state index >= 15 is 0 Å². The van der Waals surface area contributed by atoms with E-state index in [1.54, 1.807) is 0 Å². The van der Waals surface area contributed by atoms with Crippen molar-refractivity contribution in [1.82, 2.24) is 0 Å². The highest BCUT2D eigenvalue weighted by Crippen LogP contribution is 2.60. The Morgan fingerprint density at radius 3 is 0.865 bits per heavy atom. The van der Waals surface area contributed by atoms with Gasteiger partial charge in [0.15, 0.2) is 0 Å². The molecule has 3 N–H and O–H groups in total. The van der Waals surface area contributed by atoms with E-state index in [1.165, 1.54) is 0 Å². The first-order valence-electron chi connectivity index (χ1n) is 8.48. The molecule has 21 heteroatoms. The van der Waals surface area contributed by atoms with Crippen molar-refractivity contribution in [1.29, 1.82) is 0 Å². The van der Waals surface area contributed by atoms with E-state index in [2.05, 4.69) is 0 Å². The lowest BCUT2D eigenvalue weighted by molar-refractivity contribution is -0.388. The number of aliphatic hydroxyl groups is 3. The van der Waals surface area contributed by atoms with Crippen LogP contribution in [0, 0.1) is 6.92 Å². The zero-order chi connectivity index (χ0) is 30.2. The molecule has 0 radical (unpaired) electrons. The van der Waals surface area contributed by atoms with Gasteiger partial charge in [-0.05, 0) is 12.5 Å². The van der Waals surface area contributed by atoms with Crippen LogP contribution in [-0.2, 0) is 16.8 Å². The first kappa shape index (κ1) is 32.9. The SMILES string of the molecule is Cc1c(C(O)(C(F)(F)F)C(F)(F)F)ccc(C(O)(C(F)(F)F)C(F)(F)F)c1C(O)(C(F)(F)F)C(F)(F)F. The third-order valence-electron chi connectivity index (χ3n) is 5.07. The van der Waals surface area contributed by atoms with E-state index in [1.807, 2.05) is 0 Å². The van der Waals surface area contributed by atoms with Crippen molar-refractivity contribution in [3.63, 3.8) is 0 Å². The fourth-order valence-corrected chi connectivity index (χ4v) is 3.25. The van der Waals surface area contributed by atoms with Crippen LogP contribution < -0.4 is 0 Å². The average Bonchev–Trinajstić information content (AvgIpc) is 2.60.